The lowest BCUT2D eigenvalue weighted by Gasteiger charge is -2.15. The van der Waals surface area contributed by atoms with Gasteiger partial charge in [-0.05, 0) is 37.6 Å². The van der Waals surface area contributed by atoms with Crippen LogP contribution in [0.15, 0.2) is 18.2 Å². The predicted octanol–water partition coefficient (Wildman–Crippen LogP) is 2.53. The Hall–Kier alpha value is -1.36. The maximum absolute atomic E-state index is 13.1. The fourth-order valence-corrected chi connectivity index (χ4v) is 2.10. The number of phenolic OH excluding ortho intramolecular Hbond substituents is 1. The van der Waals surface area contributed by atoms with Crippen molar-refractivity contribution in [1.29, 1.82) is 0 Å². The number of aromatic hydroxyl groups is 1. The molecule has 1 aliphatic heterocycles. The summed E-state index contributed by atoms with van der Waals surface area (Å²) in [6.45, 7) is 3.53. The van der Waals surface area contributed by atoms with Gasteiger partial charge in [-0.1, -0.05) is 6.07 Å². The molecule has 0 spiro atoms. The summed E-state index contributed by atoms with van der Waals surface area (Å²) in [5.41, 5.74) is 0.336. The highest BCUT2D eigenvalue weighted by Crippen LogP contribution is 2.33. The Morgan fingerprint density at radius 1 is 1.50 bits per heavy atom. The van der Waals surface area contributed by atoms with E-state index >= 15 is 0 Å². The van der Waals surface area contributed by atoms with E-state index in [0.29, 0.717) is 11.6 Å². The van der Waals surface area contributed by atoms with Crippen molar-refractivity contribution < 1.29 is 13.9 Å². The number of hydrogen-bond donors (Lipinski definition) is 3. The van der Waals surface area contributed by atoms with Crippen LogP contribution in [0.4, 0.5) is 14.5 Å². The summed E-state index contributed by atoms with van der Waals surface area (Å²) in [6.07, 6.45) is 1.10. The average Bonchev–Trinajstić information content (AvgIpc) is 2.79. The van der Waals surface area contributed by atoms with Crippen molar-refractivity contribution in [2.45, 2.75) is 19.3 Å². The largest absolute Gasteiger partial charge is 0.506 e. The molecule has 3 nitrogen and oxygen atoms in total. The number of halogens is 2. The minimum absolute atomic E-state index is 0.125. The summed E-state index contributed by atoms with van der Waals surface area (Å²) in [4.78, 5) is 0. The van der Waals surface area contributed by atoms with Crippen LogP contribution in [0.1, 0.15) is 18.9 Å². The molecule has 1 heterocycles. The molecule has 0 saturated carbocycles. The van der Waals surface area contributed by atoms with E-state index in [1.54, 1.807) is 0 Å². The van der Waals surface area contributed by atoms with Crippen LogP contribution in [0, 0.1) is 5.92 Å². The van der Waals surface area contributed by atoms with Gasteiger partial charge in [0.15, 0.2) is 0 Å². The predicted molar refractivity (Wildman–Crippen MR) is 67.1 cm³/mol. The lowest BCUT2D eigenvalue weighted by molar-refractivity contribution is 0.0173. The summed E-state index contributed by atoms with van der Waals surface area (Å²) in [6, 6.07) is 3.97. The molecular weight excluding hydrogens is 238 g/mol. The van der Waals surface area contributed by atoms with E-state index in [1.165, 1.54) is 12.1 Å². The van der Waals surface area contributed by atoms with Gasteiger partial charge in [-0.2, -0.15) is 0 Å². The van der Waals surface area contributed by atoms with Crippen molar-refractivity contribution in [3.05, 3.63) is 23.8 Å². The number of rotatable bonds is 4. The van der Waals surface area contributed by atoms with Gasteiger partial charge in [-0.15, -0.1) is 0 Å². The maximum Gasteiger partial charge on any atom is 0.270 e. The summed E-state index contributed by atoms with van der Waals surface area (Å²) < 4.78 is 26.1. The Morgan fingerprint density at radius 2 is 2.28 bits per heavy atom. The third kappa shape index (κ3) is 3.10. The quantitative estimate of drug-likeness (QED) is 0.725. The van der Waals surface area contributed by atoms with E-state index in [1.807, 2.05) is 0 Å². The lowest BCUT2D eigenvalue weighted by atomic mass is 10.1. The van der Waals surface area contributed by atoms with Gasteiger partial charge in [0.05, 0.1) is 5.69 Å². The van der Waals surface area contributed by atoms with Crippen LogP contribution in [-0.2, 0) is 5.92 Å². The molecule has 5 heteroatoms. The second-order valence-electron chi connectivity index (χ2n) is 4.86. The normalized spacial score (nSPS) is 20.1. The average molecular weight is 256 g/mol. The van der Waals surface area contributed by atoms with Crippen LogP contribution in [0.3, 0.4) is 0 Å². The molecule has 1 fully saturated rings. The number of nitrogens with one attached hydrogen (secondary N) is 2. The zero-order valence-corrected chi connectivity index (χ0v) is 10.3. The molecule has 1 saturated heterocycles. The Morgan fingerprint density at radius 3 is 2.83 bits per heavy atom. The van der Waals surface area contributed by atoms with Crippen molar-refractivity contribution in [1.82, 2.24) is 5.32 Å². The Bertz CT molecular complexity index is 412. The Balaban J connectivity index is 2.01. The SMILES string of the molecule is CC(F)(F)c1ccc(NCC2CCNC2)c(O)c1. The zero-order chi connectivity index (χ0) is 13.2. The van der Waals surface area contributed by atoms with Gasteiger partial charge in [0, 0.05) is 19.0 Å². The van der Waals surface area contributed by atoms with E-state index in [2.05, 4.69) is 10.6 Å². The Labute approximate surface area is 105 Å². The van der Waals surface area contributed by atoms with Gasteiger partial charge in [0.25, 0.3) is 5.92 Å². The second kappa shape index (κ2) is 5.10. The summed E-state index contributed by atoms with van der Waals surface area (Å²) in [5, 5.41) is 16.1. The molecule has 0 aromatic heterocycles. The molecule has 1 aromatic rings. The van der Waals surface area contributed by atoms with Crippen LogP contribution in [-0.4, -0.2) is 24.7 Å². The fraction of sp³-hybridized carbons (Fsp3) is 0.538. The zero-order valence-electron chi connectivity index (χ0n) is 10.3. The highest BCUT2D eigenvalue weighted by atomic mass is 19.3. The van der Waals surface area contributed by atoms with E-state index in [0.717, 1.165) is 39.0 Å². The van der Waals surface area contributed by atoms with Crippen molar-refractivity contribution >= 4 is 5.69 Å². The van der Waals surface area contributed by atoms with Crippen molar-refractivity contribution in [2.75, 3.05) is 25.0 Å². The van der Waals surface area contributed by atoms with E-state index in [-0.39, 0.29) is 11.3 Å². The molecule has 2 rings (SSSR count). The van der Waals surface area contributed by atoms with Crippen LogP contribution in [0.25, 0.3) is 0 Å². The summed E-state index contributed by atoms with van der Waals surface area (Å²) in [7, 11) is 0. The summed E-state index contributed by atoms with van der Waals surface area (Å²) >= 11 is 0. The third-order valence-corrected chi connectivity index (χ3v) is 3.25. The van der Waals surface area contributed by atoms with E-state index in [9.17, 15) is 13.9 Å². The number of phenols is 1. The van der Waals surface area contributed by atoms with Gasteiger partial charge in [0.2, 0.25) is 0 Å². The molecule has 18 heavy (non-hydrogen) atoms. The second-order valence-corrected chi connectivity index (χ2v) is 4.86. The van der Waals surface area contributed by atoms with Crippen molar-refractivity contribution in [2.24, 2.45) is 5.92 Å². The molecule has 0 radical (unpaired) electrons. The number of hydrogen-bond acceptors (Lipinski definition) is 3. The van der Waals surface area contributed by atoms with E-state index < -0.39 is 5.92 Å². The highest BCUT2D eigenvalue weighted by molar-refractivity contribution is 5.57. The fourth-order valence-electron chi connectivity index (χ4n) is 2.10. The number of benzene rings is 1. The van der Waals surface area contributed by atoms with Crippen LogP contribution in [0.5, 0.6) is 5.75 Å². The smallest absolute Gasteiger partial charge is 0.270 e. The van der Waals surface area contributed by atoms with Gasteiger partial charge >= 0.3 is 0 Å². The lowest BCUT2D eigenvalue weighted by Crippen LogP contribution is -2.17. The molecule has 100 valence electrons. The van der Waals surface area contributed by atoms with Gasteiger partial charge in [-0.3, -0.25) is 0 Å². The molecule has 1 aliphatic rings. The summed E-state index contributed by atoms with van der Waals surface area (Å²) in [5.74, 6) is -2.53. The maximum atomic E-state index is 13.1. The minimum Gasteiger partial charge on any atom is -0.506 e. The standard InChI is InChI=1S/C13H18F2N2O/c1-13(14,15)10-2-3-11(12(18)6-10)17-8-9-4-5-16-7-9/h2-3,6,9,16-18H,4-5,7-8H2,1H3. The third-order valence-electron chi connectivity index (χ3n) is 3.25. The van der Waals surface area contributed by atoms with Crippen LogP contribution >= 0.6 is 0 Å². The van der Waals surface area contributed by atoms with Crippen molar-refractivity contribution in [3.8, 4) is 5.75 Å². The molecule has 0 bridgehead atoms. The van der Waals surface area contributed by atoms with Gasteiger partial charge in [-0.25, -0.2) is 8.78 Å². The molecule has 1 aromatic carbocycles. The molecule has 3 N–H and O–H groups in total. The first-order valence-corrected chi connectivity index (χ1v) is 6.13. The first-order valence-electron chi connectivity index (χ1n) is 6.13. The van der Waals surface area contributed by atoms with Gasteiger partial charge in [0.1, 0.15) is 5.75 Å². The molecular formula is C13H18F2N2O. The van der Waals surface area contributed by atoms with Crippen molar-refractivity contribution in [3.63, 3.8) is 0 Å². The topological polar surface area (TPSA) is 44.3 Å². The first kappa shape index (κ1) is 13.1. The first-order chi connectivity index (χ1) is 8.47. The number of anilines is 1. The molecule has 0 amide bonds. The highest BCUT2D eigenvalue weighted by Gasteiger charge is 2.25. The van der Waals surface area contributed by atoms with Gasteiger partial charge < -0.3 is 15.7 Å². The van der Waals surface area contributed by atoms with Crippen LogP contribution < -0.4 is 10.6 Å². The molecule has 1 atom stereocenters. The minimum atomic E-state index is -2.93. The monoisotopic (exact) mass is 256 g/mol. The molecule has 1 unspecified atom stereocenters. The Kier molecular flexibility index (Phi) is 3.71. The molecule has 0 aliphatic carbocycles. The van der Waals surface area contributed by atoms with E-state index in [4.69, 9.17) is 0 Å². The number of alkyl halides is 2. The van der Waals surface area contributed by atoms with Crippen LogP contribution in [0.2, 0.25) is 0 Å².